The van der Waals surface area contributed by atoms with Gasteiger partial charge in [-0.25, -0.2) is 18.0 Å². The Labute approximate surface area is 196 Å². The molecule has 3 atom stereocenters. The van der Waals surface area contributed by atoms with E-state index in [0.717, 1.165) is 30.0 Å². The van der Waals surface area contributed by atoms with Gasteiger partial charge in [0.1, 0.15) is 23.8 Å². The third-order valence-corrected chi connectivity index (χ3v) is 6.77. The van der Waals surface area contributed by atoms with Crippen molar-refractivity contribution in [3.8, 4) is 0 Å². The minimum absolute atomic E-state index is 0.0853. The minimum Gasteiger partial charge on any atom is -0.462 e. The molecule has 6 nitrogen and oxygen atoms in total. The van der Waals surface area contributed by atoms with Gasteiger partial charge in [-0.05, 0) is 18.2 Å². The zero-order valence-electron chi connectivity index (χ0n) is 17.0. The number of carbonyl (C=O) groups is 1. The number of alkyl halides is 3. The second-order valence-electron chi connectivity index (χ2n) is 7.24. The van der Waals surface area contributed by atoms with Gasteiger partial charge in [0, 0.05) is 34.9 Å². The summed E-state index contributed by atoms with van der Waals surface area (Å²) in [5.74, 6) is -3.57. The molecule has 13 heteroatoms. The molecule has 0 radical (unpaired) electrons. The van der Waals surface area contributed by atoms with Crippen LogP contribution in [0.4, 0.5) is 22.0 Å². The van der Waals surface area contributed by atoms with Crippen molar-refractivity contribution in [1.29, 1.82) is 0 Å². The minimum atomic E-state index is -5.13. The normalized spacial score (nSPS) is 23.0. The number of amides is 1. The maximum absolute atomic E-state index is 14.8. The van der Waals surface area contributed by atoms with E-state index in [1.54, 1.807) is 30.3 Å². The average molecular weight is 518 g/mol. The monoisotopic (exact) mass is 518 g/mol. The number of benzene rings is 2. The van der Waals surface area contributed by atoms with Crippen molar-refractivity contribution in [2.24, 2.45) is 10.9 Å². The molecule has 2 aliphatic rings. The number of fused-ring (bicyclic) bond motifs is 1. The van der Waals surface area contributed by atoms with Crippen molar-refractivity contribution in [1.82, 2.24) is 5.32 Å². The van der Waals surface area contributed by atoms with Gasteiger partial charge in [-0.2, -0.15) is 13.2 Å². The fraction of sp³-hybridized carbons (Fsp3) is 0.238. The van der Waals surface area contributed by atoms with Crippen molar-refractivity contribution in [3.63, 3.8) is 0 Å². The van der Waals surface area contributed by atoms with Crippen LogP contribution in [0, 0.1) is 17.6 Å². The fourth-order valence-corrected chi connectivity index (χ4v) is 4.95. The second kappa shape index (κ2) is 9.37. The third-order valence-electron chi connectivity index (χ3n) is 5.09. The van der Waals surface area contributed by atoms with Crippen LogP contribution in [0.15, 0.2) is 65.5 Å². The molecule has 2 aromatic rings. The summed E-state index contributed by atoms with van der Waals surface area (Å²) in [6.07, 6.45) is 1.13. The molecule has 1 amide bonds. The van der Waals surface area contributed by atoms with E-state index in [9.17, 15) is 31.0 Å². The molecule has 0 saturated heterocycles. The van der Waals surface area contributed by atoms with Crippen LogP contribution in [0.5, 0.6) is 0 Å². The van der Waals surface area contributed by atoms with Crippen LogP contribution in [0.25, 0.3) is 0 Å². The Hall–Kier alpha value is -2.93. The van der Waals surface area contributed by atoms with Gasteiger partial charge in [-0.15, -0.1) is 0 Å². The Morgan fingerprint density at radius 2 is 1.94 bits per heavy atom. The Bertz CT molecular complexity index is 1190. The van der Waals surface area contributed by atoms with Crippen LogP contribution in [0.1, 0.15) is 15.9 Å². The summed E-state index contributed by atoms with van der Waals surface area (Å²) in [6.45, 7) is -0.508. The summed E-state index contributed by atoms with van der Waals surface area (Å²) >= 11 is -2.60. The van der Waals surface area contributed by atoms with Crippen molar-refractivity contribution >= 4 is 33.9 Å². The summed E-state index contributed by atoms with van der Waals surface area (Å²) in [6, 6.07) is 11.1. The van der Waals surface area contributed by atoms with Crippen molar-refractivity contribution in [2.45, 2.75) is 11.0 Å². The van der Waals surface area contributed by atoms with Crippen LogP contribution in [-0.2, 0) is 25.5 Å². The number of halogens is 5. The van der Waals surface area contributed by atoms with E-state index in [1.165, 1.54) is 0 Å². The summed E-state index contributed by atoms with van der Waals surface area (Å²) in [4.78, 5) is 17.0. The Morgan fingerprint density at radius 1 is 1.21 bits per heavy atom. The number of hydrogen-bond acceptors (Lipinski definition) is 6. The molecule has 2 aromatic carbocycles. The molecule has 2 aliphatic heterocycles. The molecule has 34 heavy (non-hydrogen) atoms. The molecule has 0 saturated carbocycles. The topological polar surface area (TPSA) is 77.0 Å². The highest BCUT2D eigenvalue weighted by atomic mass is 32.2. The SMILES string of the molecule is O=C(NC1=NC2(c3ccc(F)cc3F)COC(OS(=O)C(F)(F)F)=CC2CS1)c1ccccc1. The predicted octanol–water partition coefficient (Wildman–Crippen LogP) is 4.38. The second-order valence-corrected chi connectivity index (χ2v) is 9.35. The highest BCUT2D eigenvalue weighted by molar-refractivity contribution is 8.13. The van der Waals surface area contributed by atoms with Crippen LogP contribution >= 0.6 is 11.8 Å². The van der Waals surface area contributed by atoms with E-state index in [0.29, 0.717) is 11.6 Å². The van der Waals surface area contributed by atoms with E-state index in [2.05, 4.69) is 14.5 Å². The van der Waals surface area contributed by atoms with Gasteiger partial charge in [-0.3, -0.25) is 4.79 Å². The smallest absolute Gasteiger partial charge is 0.462 e. The number of amidine groups is 1. The maximum atomic E-state index is 14.8. The number of nitrogens with one attached hydrogen (secondary N) is 1. The largest absolute Gasteiger partial charge is 0.508 e. The molecule has 0 spiro atoms. The fourth-order valence-electron chi connectivity index (χ4n) is 3.50. The molecule has 0 aliphatic carbocycles. The molecule has 0 bridgehead atoms. The van der Waals surface area contributed by atoms with Gasteiger partial charge in [0.25, 0.3) is 11.9 Å². The first-order chi connectivity index (χ1) is 16.1. The lowest BCUT2D eigenvalue weighted by molar-refractivity contribution is -0.0515. The van der Waals surface area contributed by atoms with Crippen LogP contribution < -0.4 is 5.32 Å². The molecular weight excluding hydrogens is 503 g/mol. The first kappa shape index (κ1) is 24.2. The van der Waals surface area contributed by atoms with Gasteiger partial charge >= 0.3 is 16.6 Å². The lowest BCUT2D eigenvalue weighted by atomic mass is 9.78. The number of ether oxygens (including phenoxy) is 1. The quantitative estimate of drug-likeness (QED) is 0.608. The number of rotatable bonds is 4. The van der Waals surface area contributed by atoms with Gasteiger partial charge in [0.15, 0.2) is 5.17 Å². The Morgan fingerprint density at radius 3 is 2.62 bits per heavy atom. The van der Waals surface area contributed by atoms with E-state index < -0.39 is 58.1 Å². The van der Waals surface area contributed by atoms with E-state index in [1.807, 2.05) is 0 Å². The first-order valence-electron chi connectivity index (χ1n) is 9.64. The molecular formula is C21H15F5N2O4S2. The first-order valence-corrected chi connectivity index (χ1v) is 11.7. The summed E-state index contributed by atoms with van der Waals surface area (Å²) in [5.41, 5.74) is -6.41. The lowest BCUT2D eigenvalue weighted by Crippen LogP contribution is -2.47. The van der Waals surface area contributed by atoms with Crippen molar-refractivity contribution in [3.05, 3.63) is 83.3 Å². The highest BCUT2D eigenvalue weighted by Gasteiger charge is 2.49. The summed E-state index contributed by atoms with van der Waals surface area (Å²) < 4.78 is 87.2. The number of hydrogen-bond donors (Lipinski definition) is 1. The van der Waals surface area contributed by atoms with Crippen molar-refractivity contribution in [2.75, 3.05) is 12.4 Å². The number of nitrogens with zero attached hydrogens (tertiary/aromatic N) is 1. The summed E-state index contributed by atoms with van der Waals surface area (Å²) in [7, 11) is 0. The average Bonchev–Trinajstić information content (AvgIpc) is 2.79. The molecule has 0 fully saturated rings. The molecule has 180 valence electrons. The molecule has 3 unspecified atom stereocenters. The van der Waals surface area contributed by atoms with Crippen LogP contribution in [0.3, 0.4) is 0 Å². The van der Waals surface area contributed by atoms with Gasteiger partial charge in [0.05, 0.1) is 0 Å². The summed E-state index contributed by atoms with van der Waals surface area (Å²) in [5, 5.41) is 2.75. The molecule has 4 rings (SSSR count). The van der Waals surface area contributed by atoms with Gasteiger partial charge in [-0.1, -0.05) is 36.0 Å². The van der Waals surface area contributed by atoms with E-state index in [-0.39, 0.29) is 16.5 Å². The molecule has 2 heterocycles. The van der Waals surface area contributed by atoms with Gasteiger partial charge < -0.3 is 14.2 Å². The standard InChI is InChI=1S/C21H15F5N2O4S2/c22-14-6-7-15(16(23)9-14)20-11-31-17(32-34(30)21(24,25)26)8-13(20)10-33-19(28-20)27-18(29)12-4-2-1-3-5-12/h1-9,13H,10-11H2,(H,27,28,29). The van der Waals surface area contributed by atoms with E-state index >= 15 is 0 Å². The van der Waals surface area contributed by atoms with Crippen LogP contribution in [0.2, 0.25) is 0 Å². The lowest BCUT2D eigenvalue weighted by Gasteiger charge is -2.42. The Balaban J connectivity index is 1.70. The predicted molar refractivity (Wildman–Crippen MR) is 115 cm³/mol. The highest BCUT2D eigenvalue weighted by Crippen LogP contribution is 2.46. The van der Waals surface area contributed by atoms with Crippen molar-refractivity contribution < 1.29 is 39.9 Å². The van der Waals surface area contributed by atoms with E-state index in [4.69, 9.17) is 4.74 Å². The van der Waals surface area contributed by atoms with Gasteiger partial charge in [0.2, 0.25) is 0 Å². The third kappa shape index (κ3) is 4.94. The maximum Gasteiger partial charge on any atom is 0.508 e. The number of carbonyl (C=O) groups excluding carboxylic acids is 1. The number of thioether (sulfide) groups is 1. The Kier molecular flexibility index (Phi) is 6.67. The zero-order valence-corrected chi connectivity index (χ0v) is 18.6. The number of aliphatic imine (C=N–C) groups is 1. The molecule has 1 N–H and O–H groups in total. The molecule has 0 aromatic heterocycles. The zero-order chi connectivity index (χ0) is 24.5. The van der Waals surface area contributed by atoms with Crippen LogP contribution in [-0.4, -0.2) is 33.2 Å².